The summed E-state index contributed by atoms with van der Waals surface area (Å²) in [5.41, 5.74) is 0. The maximum absolute atomic E-state index is 4.30. The first kappa shape index (κ1) is 7.59. The molecule has 0 N–H and O–H groups in total. The fourth-order valence-electron chi connectivity index (χ4n) is 1.50. The third kappa shape index (κ3) is 1.58. The first-order chi connectivity index (χ1) is 5.97. The van der Waals surface area contributed by atoms with Gasteiger partial charge in [-0.2, -0.15) is 0 Å². The Balaban J connectivity index is 2.08. The number of rotatable bonds is 1. The molecule has 2 rings (SSSR count). The minimum Gasteiger partial charge on any atom is -0.352 e. The van der Waals surface area contributed by atoms with Crippen molar-refractivity contribution in [1.82, 2.24) is 4.98 Å². The molecule has 1 aromatic rings. The van der Waals surface area contributed by atoms with Crippen molar-refractivity contribution in [1.29, 1.82) is 0 Å². The fourth-order valence-corrected chi connectivity index (χ4v) is 1.50. The predicted octanol–water partition coefficient (Wildman–Crippen LogP) is 2.23. The lowest BCUT2D eigenvalue weighted by Crippen LogP contribution is -2.25. The molecular formula is C10H13N2. The average Bonchev–Trinajstić information content (AvgIpc) is 2.21. The number of anilines is 1. The van der Waals surface area contributed by atoms with E-state index in [4.69, 9.17) is 0 Å². The van der Waals surface area contributed by atoms with Crippen LogP contribution in [-0.4, -0.2) is 11.5 Å². The second kappa shape index (κ2) is 3.57. The topological polar surface area (TPSA) is 16.1 Å². The van der Waals surface area contributed by atoms with Crippen molar-refractivity contribution in [2.75, 3.05) is 11.4 Å². The van der Waals surface area contributed by atoms with E-state index < -0.39 is 0 Å². The van der Waals surface area contributed by atoms with Crippen molar-refractivity contribution in [2.45, 2.75) is 19.3 Å². The van der Waals surface area contributed by atoms with Crippen LogP contribution in [0.25, 0.3) is 0 Å². The maximum atomic E-state index is 4.30. The van der Waals surface area contributed by atoms with E-state index in [2.05, 4.69) is 22.5 Å². The molecule has 1 aliphatic heterocycles. The van der Waals surface area contributed by atoms with Crippen molar-refractivity contribution in [3.05, 3.63) is 30.9 Å². The van der Waals surface area contributed by atoms with E-state index >= 15 is 0 Å². The van der Waals surface area contributed by atoms with Gasteiger partial charge in [-0.05, 0) is 31.4 Å². The minimum atomic E-state index is 1.08. The molecule has 0 bridgehead atoms. The Bertz CT molecular complexity index is 227. The lowest BCUT2D eigenvalue weighted by atomic mass is 10.1. The molecule has 0 saturated carbocycles. The van der Waals surface area contributed by atoms with Crippen molar-refractivity contribution >= 4 is 5.82 Å². The molecule has 0 amide bonds. The van der Waals surface area contributed by atoms with Gasteiger partial charge in [0, 0.05) is 12.7 Å². The molecule has 0 aliphatic carbocycles. The van der Waals surface area contributed by atoms with E-state index in [1.165, 1.54) is 19.3 Å². The normalized spacial score (nSPS) is 17.8. The quantitative estimate of drug-likeness (QED) is 0.628. The highest BCUT2D eigenvalue weighted by atomic mass is 15.2. The summed E-state index contributed by atoms with van der Waals surface area (Å²) in [6, 6.07) is 6.04. The van der Waals surface area contributed by atoms with Crippen LogP contribution in [0.3, 0.4) is 0 Å². The number of pyridine rings is 1. The van der Waals surface area contributed by atoms with Gasteiger partial charge in [-0.1, -0.05) is 6.07 Å². The molecule has 1 aromatic heterocycles. The van der Waals surface area contributed by atoms with E-state index in [9.17, 15) is 0 Å². The summed E-state index contributed by atoms with van der Waals surface area (Å²) in [5.74, 6) is 1.08. The van der Waals surface area contributed by atoms with Crippen LogP contribution in [0.1, 0.15) is 19.3 Å². The van der Waals surface area contributed by atoms with E-state index in [-0.39, 0.29) is 0 Å². The first-order valence-electron chi connectivity index (χ1n) is 4.48. The largest absolute Gasteiger partial charge is 0.352 e. The lowest BCUT2D eigenvalue weighted by Gasteiger charge is -2.26. The van der Waals surface area contributed by atoms with Gasteiger partial charge in [-0.3, -0.25) is 0 Å². The molecule has 0 atom stereocenters. The lowest BCUT2D eigenvalue weighted by molar-refractivity contribution is 0.628. The molecule has 63 valence electrons. The number of piperidine rings is 1. The molecule has 0 aromatic carbocycles. The third-order valence-electron chi connectivity index (χ3n) is 2.15. The minimum absolute atomic E-state index is 1.08. The van der Waals surface area contributed by atoms with Crippen LogP contribution < -0.4 is 4.90 Å². The highest BCUT2D eigenvalue weighted by Gasteiger charge is 2.10. The van der Waals surface area contributed by atoms with Crippen LogP contribution in [0.15, 0.2) is 24.4 Å². The first-order valence-corrected chi connectivity index (χ1v) is 4.48. The third-order valence-corrected chi connectivity index (χ3v) is 2.15. The van der Waals surface area contributed by atoms with E-state index in [0.29, 0.717) is 0 Å². The highest BCUT2D eigenvalue weighted by Crippen LogP contribution is 2.18. The van der Waals surface area contributed by atoms with E-state index in [0.717, 1.165) is 12.4 Å². The Morgan fingerprint density at radius 1 is 1.25 bits per heavy atom. The summed E-state index contributed by atoms with van der Waals surface area (Å²) in [6.45, 7) is 3.36. The van der Waals surface area contributed by atoms with Crippen LogP contribution in [-0.2, 0) is 0 Å². The highest BCUT2D eigenvalue weighted by molar-refractivity contribution is 5.40. The van der Waals surface area contributed by atoms with Gasteiger partial charge in [0.1, 0.15) is 5.82 Å². The molecular weight excluding hydrogens is 148 g/mol. The predicted molar refractivity (Wildman–Crippen MR) is 49.7 cm³/mol. The van der Waals surface area contributed by atoms with Gasteiger partial charge >= 0.3 is 0 Å². The summed E-state index contributed by atoms with van der Waals surface area (Å²) in [6.07, 6.45) is 5.64. The number of aromatic nitrogens is 1. The number of hydrogen-bond acceptors (Lipinski definition) is 2. The zero-order chi connectivity index (χ0) is 8.23. The Morgan fingerprint density at radius 3 is 2.92 bits per heavy atom. The zero-order valence-corrected chi connectivity index (χ0v) is 7.11. The van der Waals surface area contributed by atoms with Gasteiger partial charge in [0.2, 0.25) is 0 Å². The van der Waals surface area contributed by atoms with Crippen molar-refractivity contribution in [3.63, 3.8) is 0 Å². The Labute approximate surface area is 73.2 Å². The zero-order valence-electron chi connectivity index (χ0n) is 7.11. The molecule has 0 unspecified atom stereocenters. The standard InChI is InChI=1S/C10H13N2/c1-4-8-12(9-5-1)10-6-2-3-7-11-10/h2-3,6-8H,1,4-5,9H2. The van der Waals surface area contributed by atoms with Gasteiger partial charge in [0.15, 0.2) is 0 Å². The molecule has 12 heavy (non-hydrogen) atoms. The molecule has 1 saturated heterocycles. The van der Waals surface area contributed by atoms with Gasteiger partial charge in [0.25, 0.3) is 0 Å². The van der Waals surface area contributed by atoms with Crippen LogP contribution in [0.2, 0.25) is 0 Å². The van der Waals surface area contributed by atoms with Crippen molar-refractivity contribution in [2.24, 2.45) is 0 Å². The smallest absolute Gasteiger partial charge is 0.128 e. The molecule has 2 heterocycles. The Hall–Kier alpha value is -1.05. The van der Waals surface area contributed by atoms with Crippen LogP contribution in [0.5, 0.6) is 0 Å². The number of hydrogen-bond donors (Lipinski definition) is 0. The molecule has 1 radical (unpaired) electrons. The summed E-state index contributed by atoms with van der Waals surface area (Å²) < 4.78 is 0. The molecule has 2 nitrogen and oxygen atoms in total. The van der Waals surface area contributed by atoms with Gasteiger partial charge in [-0.15, -0.1) is 0 Å². The summed E-state index contributed by atoms with van der Waals surface area (Å²) in [4.78, 5) is 6.54. The van der Waals surface area contributed by atoms with E-state index in [1.54, 1.807) is 0 Å². The second-order valence-corrected chi connectivity index (χ2v) is 3.06. The Morgan fingerprint density at radius 2 is 2.25 bits per heavy atom. The Kier molecular flexibility index (Phi) is 2.26. The van der Waals surface area contributed by atoms with Gasteiger partial charge in [0.05, 0.1) is 6.54 Å². The molecule has 1 fully saturated rings. The summed E-state index contributed by atoms with van der Waals surface area (Å²) in [7, 11) is 0. The fraction of sp³-hybridized carbons (Fsp3) is 0.400. The van der Waals surface area contributed by atoms with Crippen molar-refractivity contribution < 1.29 is 0 Å². The second-order valence-electron chi connectivity index (χ2n) is 3.06. The van der Waals surface area contributed by atoms with Crippen molar-refractivity contribution in [3.8, 4) is 0 Å². The van der Waals surface area contributed by atoms with E-state index in [1.807, 2.05) is 18.3 Å². The number of nitrogens with zero attached hydrogens (tertiary/aromatic N) is 2. The SMILES string of the molecule is [CH]1CCCCN1c1ccccn1. The summed E-state index contributed by atoms with van der Waals surface area (Å²) >= 11 is 0. The van der Waals surface area contributed by atoms with Gasteiger partial charge < -0.3 is 4.90 Å². The summed E-state index contributed by atoms with van der Waals surface area (Å²) in [5, 5.41) is 0. The molecule has 1 aliphatic rings. The van der Waals surface area contributed by atoms with Crippen LogP contribution in [0, 0.1) is 6.54 Å². The molecule has 2 heteroatoms. The van der Waals surface area contributed by atoms with Crippen LogP contribution in [0.4, 0.5) is 5.82 Å². The average molecular weight is 161 g/mol. The van der Waals surface area contributed by atoms with Gasteiger partial charge in [-0.25, -0.2) is 4.98 Å². The van der Waals surface area contributed by atoms with Crippen LogP contribution >= 0.6 is 0 Å². The monoisotopic (exact) mass is 161 g/mol. The maximum Gasteiger partial charge on any atom is 0.128 e. The molecule has 0 spiro atoms.